The van der Waals surface area contributed by atoms with E-state index in [1.165, 1.54) is 7.11 Å². The van der Waals surface area contributed by atoms with Crippen LogP contribution in [-0.4, -0.2) is 36.3 Å². The average Bonchev–Trinajstić information content (AvgIpc) is 3.34. The molecule has 0 radical (unpaired) electrons. The van der Waals surface area contributed by atoms with Gasteiger partial charge in [-0.25, -0.2) is 0 Å². The van der Waals surface area contributed by atoms with Gasteiger partial charge in [0.2, 0.25) is 0 Å². The summed E-state index contributed by atoms with van der Waals surface area (Å²) in [5.74, 6) is 0.653. The zero-order chi connectivity index (χ0) is 25.9. The molecule has 0 bridgehead atoms. The zero-order valence-electron chi connectivity index (χ0n) is 21.6. The summed E-state index contributed by atoms with van der Waals surface area (Å²) in [4.78, 5) is 16.3. The Morgan fingerprint density at radius 3 is 2.03 bits per heavy atom. The molecule has 1 aromatic heterocycles. The molecule has 0 amide bonds. The molecule has 0 N–H and O–H groups in total. The number of nitrogens with zero attached hydrogens (tertiary/aromatic N) is 2. The first-order chi connectivity index (χ1) is 18.2. The molecule has 0 aliphatic rings. The number of ether oxygens (including phenoxy) is 3. The normalized spacial score (nSPS) is 10.8. The fourth-order valence-electron chi connectivity index (χ4n) is 4.29. The average molecular weight is 499 g/mol. The lowest BCUT2D eigenvalue weighted by atomic mass is 10.0. The Bertz CT molecular complexity index is 1250. The molecular weight excluding hydrogens is 464 g/mol. The van der Waals surface area contributed by atoms with Crippen molar-refractivity contribution in [3.05, 3.63) is 84.9 Å². The van der Waals surface area contributed by atoms with E-state index in [0.29, 0.717) is 19.0 Å². The smallest absolute Gasteiger partial charge is 0.305 e. The minimum atomic E-state index is -0.142. The molecule has 0 unspecified atom stereocenters. The predicted octanol–water partition coefficient (Wildman–Crippen LogP) is 7.11. The van der Waals surface area contributed by atoms with Crippen LogP contribution in [0.3, 0.4) is 0 Å². The van der Waals surface area contributed by atoms with E-state index in [9.17, 15) is 4.79 Å². The van der Waals surface area contributed by atoms with E-state index in [4.69, 9.17) is 19.2 Å². The van der Waals surface area contributed by atoms with Gasteiger partial charge < -0.3 is 14.2 Å². The third-order valence-corrected chi connectivity index (χ3v) is 6.26. The third-order valence-electron chi connectivity index (χ3n) is 6.26. The maximum absolute atomic E-state index is 11.3. The SMILES string of the molecule is COC(=O)CCCCCCCOc1nc(-c2ccccc2)c(-c2ccccc2)n1-c1ccc(OC)cc1. The highest BCUT2D eigenvalue weighted by Crippen LogP contribution is 2.38. The quantitative estimate of drug-likeness (QED) is 0.145. The Hall–Kier alpha value is -4.06. The summed E-state index contributed by atoms with van der Waals surface area (Å²) in [7, 11) is 3.10. The number of rotatable bonds is 13. The van der Waals surface area contributed by atoms with Crippen LogP contribution in [0.5, 0.6) is 11.8 Å². The first-order valence-corrected chi connectivity index (χ1v) is 12.8. The minimum absolute atomic E-state index is 0.142. The molecule has 37 heavy (non-hydrogen) atoms. The van der Waals surface area contributed by atoms with Gasteiger partial charge in [0.15, 0.2) is 0 Å². The van der Waals surface area contributed by atoms with Gasteiger partial charge in [0, 0.05) is 17.5 Å². The van der Waals surface area contributed by atoms with Gasteiger partial charge in [-0.15, -0.1) is 0 Å². The van der Waals surface area contributed by atoms with Crippen LogP contribution >= 0.6 is 0 Å². The maximum Gasteiger partial charge on any atom is 0.305 e. The fourth-order valence-corrected chi connectivity index (χ4v) is 4.29. The van der Waals surface area contributed by atoms with Gasteiger partial charge in [-0.2, -0.15) is 4.98 Å². The molecule has 3 aromatic carbocycles. The third kappa shape index (κ3) is 6.79. The van der Waals surface area contributed by atoms with Crippen molar-refractivity contribution in [3.63, 3.8) is 0 Å². The molecule has 0 saturated carbocycles. The lowest BCUT2D eigenvalue weighted by Gasteiger charge is -2.14. The van der Waals surface area contributed by atoms with Crippen molar-refractivity contribution in [2.45, 2.75) is 38.5 Å². The molecule has 6 nitrogen and oxygen atoms in total. The van der Waals surface area contributed by atoms with Crippen molar-refractivity contribution in [2.75, 3.05) is 20.8 Å². The molecule has 192 valence electrons. The lowest BCUT2D eigenvalue weighted by Crippen LogP contribution is -2.05. The Labute approximate surface area is 218 Å². The first-order valence-electron chi connectivity index (χ1n) is 12.8. The molecule has 6 heteroatoms. The van der Waals surface area contributed by atoms with Crippen LogP contribution in [-0.2, 0) is 9.53 Å². The highest BCUT2D eigenvalue weighted by Gasteiger charge is 2.22. The largest absolute Gasteiger partial charge is 0.497 e. The predicted molar refractivity (Wildman–Crippen MR) is 146 cm³/mol. The van der Waals surface area contributed by atoms with E-state index < -0.39 is 0 Å². The van der Waals surface area contributed by atoms with E-state index in [-0.39, 0.29) is 5.97 Å². The summed E-state index contributed by atoms with van der Waals surface area (Å²) in [5, 5.41) is 0. The number of imidazole rings is 1. The molecule has 0 aliphatic heterocycles. The number of carbonyl (C=O) groups is 1. The van der Waals surface area contributed by atoms with Crippen LogP contribution in [0.1, 0.15) is 38.5 Å². The molecule has 4 rings (SSSR count). The van der Waals surface area contributed by atoms with E-state index in [2.05, 4.69) is 28.8 Å². The first kappa shape index (κ1) is 26.0. The van der Waals surface area contributed by atoms with Crippen molar-refractivity contribution in [2.24, 2.45) is 0 Å². The van der Waals surface area contributed by atoms with E-state index in [1.807, 2.05) is 60.7 Å². The maximum atomic E-state index is 11.3. The molecule has 4 aromatic rings. The summed E-state index contributed by atoms with van der Waals surface area (Å²) in [6.07, 6.45) is 5.34. The molecule has 0 fully saturated rings. The number of carbonyl (C=O) groups excluding carboxylic acids is 1. The minimum Gasteiger partial charge on any atom is -0.497 e. The molecule has 0 atom stereocenters. The van der Waals surface area contributed by atoms with Crippen molar-refractivity contribution >= 4 is 5.97 Å². The van der Waals surface area contributed by atoms with Crippen LogP contribution in [0.15, 0.2) is 84.9 Å². The van der Waals surface area contributed by atoms with Crippen LogP contribution < -0.4 is 9.47 Å². The van der Waals surface area contributed by atoms with Gasteiger partial charge in [-0.05, 0) is 37.1 Å². The van der Waals surface area contributed by atoms with Gasteiger partial charge in [0.05, 0.1) is 32.2 Å². The topological polar surface area (TPSA) is 62.6 Å². The van der Waals surface area contributed by atoms with E-state index >= 15 is 0 Å². The molecular formula is C31H34N2O4. The van der Waals surface area contributed by atoms with Crippen molar-refractivity contribution in [1.82, 2.24) is 9.55 Å². The van der Waals surface area contributed by atoms with Gasteiger partial charge in [0.1, 0.15) is 11.4 Å². The van der Waals surface area contributed by atoms with Gasteiger partial charge in [-0.1, -0.05) is 79.9 Å². The fraction of sp³-hybridized carbons (Fsp3) is 0.290. The number of unbranched alkanes of at least 4 members (excludes halogenated alkanes) is 4. The zero-order valence-corrected chi connectivity index (χ0v) is 21.6. The van der Waals surface area contributed by atoms with Gasteiger partial charge in [0.25, 0.3) is 0 Å². The van der Waals surface area contributed by atoms with Gasteiger partial charge >= 0.3 is 12.0 Å². The van der Waals surface area contributed by atoms with Crippen LogP contribution in [0.4, 0.5) is 0 Å². The number of methoxy groups -OCH3 is 2. The Morgan fingerprint density at radius 1 is 0.757 bits per heavy atom. The second-order valence-corrected chi connectivity index (χ2v) is 8.80. The number of aromatic nitrogens is 2. The summed E-state index contributed by atoms with van der Waals surface area (Å²) < 4.78 is 18.5. The number of benzene rings is 3. The summed E-state index contributed by atoms with van der Waals surface area (Å²) >= 11 is 0. The highest BCUT2D eigenvalue weighted by molar-refractivity contribution is 5.81. The molecule has 1 heterocycles. The Kier molecular flexibility index (Phi) is 9.35. The number of esters is 1. The van der Waals surface area contributed by atoms with E-state index in [1.54, 1.807) is 7.11 Å². The molecule has 0 aliphatic carbocycles. The van der Waals surface area contributed by atoms with Crippen molar-refractivity contribution in [1.29, 1.82) is 0 Å². The van der Waals surface area contributed by atoms with Crippen LogP contribution in [0.2, 0.25) is 0 Å². The lowest BCUT2D eigenvalue weighted by molar-refractivity contribution is -0.140. The molecule has 0 saturated heterocycles. The number of hydrogen-bond acceptors (Lipinski definition) is 5. The highest BCUT2D eigenvalue weighted by atomic mass is 16.5. The van der Waals surface area contributed by atoms with Crippen LogP contribution in [0, 0.1) is 0 Å². The van der Waals surface area contributed by atoms with Crippen molar-refractivity contribution in [3.8, 4) is 40.0 Å². The van der Waals surface area contributed by atoms with Crippen molar-refractivity contribution < 1.29 is 19.0 Å². The summed E-state index contributed by atoms with van der Waals surface area (Å²) in [5.41, 5.74) is 4.90. The Morgan fingerprint density at radius 2 is 1.38 bits per heavy atom. The second kappa shape index (κ2) is 13.3. The van der Waals surface area contributed by atoms with E-state index in [0.717, 1.165) is 66.1 Å². The monoisotopic (exact) mass is 498 g/mol. The second-order valence-electron chi connectivity index (χ2n) is 8.80. The number of hydrogen-bond donors (Lipinski definition) is 0. The van der Waals surface area contributed by atoms with Crippen LogP contribution in [0.25, 0.3) is 28.2 Å². The standard InChI is InChI=1S/C31H34N2O4/c1-35-27-21-19-26(20-22-27)33-30(25-16-10-7-11-17-25)29(24-14-8-6-9-15-24)32-31(33)37-23-13-5-3-4-12-18-28(34)36-2/h6-11,14-17,19-22H,3-5,12-13,18,23H2,1-2H3. The molecule has 0 spiro atoms. The summed E-state index contributed by atoms with van der Waals surface area (Å²) in [6.45, 7) is 0.562. The van der Waals surface area contributed by atoms with Gasteiger partial charge in [-0.3, -0.25) is 9.36 Å². The summed E-state index contributed by atoms with van der Waals surface area (Å²) in [6, 6.07) is 29.0. The Balaban J connectivity index is 1.60.